The molecule has 0 radical (unpaired) electrons. The predicted octanol–water partition coefficient (Wildman–Crippen LogP) is 0.132. The first-order valence-corrected chi connectivity index (χ1v) is 5.53. The van der Waals surface area contributed by atoms with Crippen LogP contribution in [0.15, 0.2) is 5.38 Å². The highest BCUT2D eigenvalue weighted by molar-refractivity contribution is 7.13. The number of carboxylic acid groups (broad SMARTS) is 1. The number of primary amides is 1. The molecule has 0 saturated heterocycles. The van der Waals surface area contributed by atoms with Gasteiger partial charge in [0, 0.05) is 5.38 Å². The van der Waals surface area contributed by atoms with Gasteiger partial charge in [-0.3, -0.25) is 4.79 Å². The van der Waals surface area contributed by atoms with Gasteiger partial charge in [-0.05, 0) is 13.8 Å². The van der Waals surface area contributed by atoms with Gasteiger partial charge in [-0.1, -0.05) is 0 Å². The summed E-state index contributed by atoms with van der Waals surface area (Å²) >= 11 is 1.12. The van der Waals surface area contributed by atoms with Crippen molar-refractivity contribution in [3.8, 4) is 0 Å². The van der Waals surface area contributed by atoms with E-state index in [1.165, 1.54) is 19.2 Å². The van der Waals surface area contributed by atoms with Crippen LogP contribution in [0.25, 0.3) is 0 Å². The predicted molar refractivity (Wildman–Crippen MR) is 61.3 cm³/mol. The number of carbonyl (C=O) groups is 2. The third-order valence-corrected chi connectivity index (χ3v) is 2.69. The molecule has 94 valence electrons. The fourth-order valence-electron chi connectivity index (χ4n) is 1.03. The number of anilines is 1. The fraction of sp³-hybridized carbons (Fsp3) is 0.444. The highest BCUT2D eigenvalue weighted by Gasteiger charge is 2.35. The molecule has 0 aliphatic heterocycles. The zero-order valence-electron chi connectivity index (χ0n) is 9.34. The van der Waals surface area contributed by atoms with Gasteiger partial charge in [-0.2, -0.15) is 0 Å². The molecule has 0 spiro atoms. The van der Waals surface area contributed by atoms with Crippen molar-refractivity contribution in [1.29, 1.82) is 0 Å². The lowest BCUT2D eigenvalue weighted by molar-refractivity contribution is -0.171. The van der Waals surface area contributed by atoms with Crippen molar-refractivity contribution < 1.29 is 19.4 Å². The summed E-state index contributed by atoms with van der Waals surface area (Å²) in [6.45, 7) is 2.64. The van der Waals surface area contributed by atoms with Crippen LogP contribution < -0.4 is 11.5 Å². The molecule has 1 rings (SSSR count). The molecule has 5 N–H and O–H groups in total. The number of hydrogen-bond acceptors (Lipinski definition) is 6. The lowest BCUT2D eigenvalue weighted by atomic mass is 10.1. The molecule has 0 saturated carbocycles. The van der Waals surface area contributed by atoms with Crippen molar-refractivity contribution in [3.05, 3.63) is 11.1 Å². The molecule has 0 bridgehead atoms. The van der Waals surface area contributed by atoms with E-state index in [9.17, 15) is 9.59 Å². The van der Waals surface area contributed by atoms with Gasteiger partial charge in [0.2, 0.25) is 0 Å². The van der Waals surface area contributed by atoms with E-state index in [1.807, 2.05) is 0 Å². The lowest BCUT2D eigenvalue weighted by Crippen LogP contribution is -2.39. The highest BCUT2D eigenvalue weighted by Crippen LogP contribution is 2.26. The van der Waals surface area contributed by atoms with Crippen molar-refractivity contribution in [3.63, 3.8) is 0 Å². The van der Waals surface area contributed by atoms with E-state index in [-0.39, 0.29) is 10.8 Å². The van der Waals surface area contributed by atoms with Gasteiger partial charge in [0.15, 0.2) is 16.8 Å². The molecule has 17 heavy (non-hydrogen) atoms. The second-order valence-electron chi connectivity index (χ2n) is 3.83. The summed E-state index contributed by atoms with van der Waals surface area (Å²) in [6, 6.07) is 0. The zero-order chi connectivity index (χ0) is 13.2. The van der Waals surface area contributed by atoms with E-state index in [0.29, 0.717) is 0 Å². The molecule has 1 amide bonds. The first kappa shape index (κ1) is 13.4. The first-order valence-electron chi connectivity index (χ1n) is 4.65. The zero-order valence-corrected chi connectivity index (χ0v) is 10.2. The van der Waals surface area contributed by atoms with Crippen molar-refractivity contribution in [2.75, 3.05) is 5.73 Å². The van der Waals surface area contributed by atoms with Crippen LogP contribution in [0.5, 0.6) is 0 Å². The lowest BCUT2D eigenvalue weighted by Gasteiger charge is -2.24. The standard InChI is InChI=1S/C9H13N3O4S/c1-9(2,7(14)15)16-5(6(10)13)4-3-17-8(11)12-4/h3,5H,1-2H3,(H2,10,13)(H2,11,12)(H,14,15). The van der Waals surface area contributed by atoms with E-state index in [0.717, 1.165) is 11.3 Å². The minimum Gasteiger partial charge on any atom is -0.479 e. The van der Waals surface area contributed by atoms with Gasteiger partial charge in [0.1, 0.15) is 0 Å². The maximum atomic E-state index is 11.2. The van der Waals surface area contributed by atoms with Crippen LogP contribution in [0, 0.1) is 0 Å². The summed E-state index contributed by atoms with van der Waals surface area (Å²) in [4.78, 5) is 26.0. The second kappa shape index (κ2) is 4.68. The van der Waals surface area contributed by atoms with Crippen LogP contribution in [-0.2, 0) is 14.3 Å². The number of aromatic nitrogens is 1. The van der Waals surface area contributed by atoms with Crippen molar-refractivity contribution in [1.82, 2.24) is 4.98 Å². The molecule has 8 heteroatoms. The summed E-state index contributed by atoms with van der Waals surface area (Å²) in [7, 11) is 0. The van der Waals surface area contributed by atoms with Gasteiger partial charge in [-0.15, -0.1) is 11.3 Å². The summed E-state index contributed by atoms with van der Waals surface area (Å²) in [6.07, 6.45) is -1.23. The van der Waals surface area contributed by atoms with Gasteiger partial charge >= 0.3 is 5.97 Å². The van der Waals surface area contributed by atoms with E-state index in [4.69, 9.17) is 21.3 Å². The van der Waals surface area contributed by atoms with Gasteiger partial charge < -0.3 is 21.3 Å². The number of carboxylic acids is 1. The maximum Gasteiger partial charge on any atom is 0.335 e. The molecule has 1 atom stereocenters. The van der Waals surface area contributed by atoms with Gasteiger partial charge in [0.25, 0.3) is 5.91 Å². The molecule has 0 aliphatic carbocycles. The van der Waals surface area contributed by atoms with Crippen molar-refractivity contribution in [2.45, 2.75) is 25.6 Å². The van der Waals surface area contributed by atoms with Crippen LogP contribution in [0.3, 0.4) is 0 Å². The van der Waals surface area contributed by atoms with Crippen LogP contribution in [0.4, 0.5) is 5.13 Å². The Hall–Kier alpha value is -1.67. The average molecular weight is 259 g/mol. The quantitative estimate of drug-likeness (QED) is 0.689. The largest absolute Gasteiger partial charge is 0.479 e. The van der Waals surface area contributed by atoms with Crippen molar-refractivity contribution >= 4 is 28.3 Å². The van der Waals surface area contributed by atoms with Crippen molar-refractivity contribution in [2.24, 2.45) is 5.73 Å². The number of amides is 1. The SMILES string of the molecule is CC(C)(OC(C(N)=O)c1csc(N)n1)C(=O)O. The fourth-order valence-corrected chi connectivity index (χ4v) is 1.61. The molecule has 1 unspecified atom stereocenters. The van der Waals surface area contributed by atoms with Crippen LogP contribution in [0.1, 0.15) is 25.6 Å². The topological polar surface area (TPSA) is 129 Å². The molecule has 0 fully saturated rings. The molecule has 0 aromatic carbocycles. The monoisotopic (exact) mass is 259 g/mol. The summed E-state index contributed by atoms with van der Waals surface area (Å²) < 4.78 is 5.17. The molecule has 0 aliphatic rings. The Morgan fingerprint density at radius 3 is 2.53 bits per heavy atom. The smallest absolute Gasteiger partial charge is 0.335 e. The van der Waals surface area contributed by atoms with E-state index < -0.39 is 23.6 Å². The maximum absolute atomic E-state index is 11.2. The number of nitrogen functional groups attached to an aromatic ring is 1. The minimum atomic E-state index is -1.54. The van der Waals surface area contributed by atoms with Crippen LogP contribution >= 0.6 is 11.3 Å². The number of ether oxygens (including phenoxy) is 1. The summed E-state index contributed by atoms with van der Waals surface area (Å²) in [5.74, 6) is -2.02. The Kier molecular flexibility index (Phi) is 3.69. The number of thiazole rings is 1. The number of carbonyl (C=O) groups excluding carboxylic acids is 1. The molecular formula is C9H13N3O4S. The summed E-state index contributed by atoms with van der Waals surface area (Å²) in [5, 5.41) is 10.7. The van der Waals surface area contributed by atoms with E-state index >= 15 is 0 Å². The Morgan fingerprint density at radius 1 is 1.59 bits per heavy atom. The van der Waals surface area contributed by atoms with E-state index in [1.54, 1.807) is 0 Å². The highest BCUT2D eigenvalue weighted by atomic mass is 32.1. The number of nitrogens with zero attached hydrogens (tertiary/aromatic N) is 1. The molecule has 1 heterocycles. The number of aliphatic carboxylic acids is 1. The Labute approximate surface area is 101 Å². The second-order valence-corrected chi connectivity index (χ2v) is 4.72. The van der Waals surface area contributed by atoms with Gasteiger partial charge in [-0.25, -0.2) is 9.78 Å². The average Bonchev–Trinajstić information content (AvgIpc) is 2.60. The normalized spacial score (nSPS) is 13.3. The Bertz CT molecular complexity index is 443. The molecule has 1 aromatic rings. The van der Waals surface area contributed by atoms with Crippen LogP contribution in [-0.4, -0.2) is 27.6 Å². The van der Waals surface area contributed by atoms with Crippen LogP contribution in [0.2, 0.25) is 0 Å². The van der Waals surface area contributed by atoms with Gasteiger partial charge in [0.05, 0.1) is 5.69 Å². The number of hydrogen-bond donors (Lipinski definition) is 3. The third kappa shape index (κ3) is 3.14. The first-order chi connectivity index (χ1) is 7.74. The molecular weight excluding hydrogens is 246 g/mol. The summed E-state index contributed by atoms with van der Waals surface area (Å²) in [5.41, 5.74) is 9.25. The number of nitrogens with two attached hydrogens (primary N) is 2. The molecule has 7 nitrogen and oxygen atoms in total. The molecule has 1 aromatic heterocycles. The minimum absolute atomic E-state index is 0.217. The Morgan fingerprint density at radius 2 is 2.18 bits per heavy atom. The Balaban J connectivity index is 2.96. The van der Waals surface area contributed by atoms with E-state index in [2.05, 4.69) is 4.98 Å². The third-order valence-electron chi connectivity index (χ3n) is 1.99. The number of rotatable bonds is 5.